The van der Waals surface area contributed by atoms with E-state index in [9.17, 15) is 0 Å². The van der Waals surface area contributed by atoms with Crippen molar-refractivity contribution < 1.29 is 9.47 Å². The summed E-state index contributed by atoms with van der Waals surface area (Å²) in [5.74, 6) is 0.365. The van der Waals surface area contributed by atoms with Crippen LogP contribution in [0.15, 0.2) is 84.5 Å². The molecule has 31 heavy (non-hydrogen) atoms. The molecule has 0 radical (unpaired) electrons. The molecule has 2 rings (SSSR count). The molecule has 3 nitrogen and oxygen atoms in total. The van der Waals surface area contributed by atoms with Crippen LogP contribution < -0.4 is 0 Å². The first-order valence-electron chi connectivity index (χ1n) is 11.1. The highest BCUT2D eigenvalue weighted by Crippen LogP contribution is 2.19. The second kappa shape index (κ2) is 14.4. The van der Waals surface area contributed by atoms with Crippen molar-refractivity contribution in [1.29, 1.82) is 5.26 Å². The lowest BCUT2D eigenvalue weighted by Gasteiger charge is -2.24. The molecule has 0 spiro atoms. The minimum Gasteiger partial charge on any atom is -0.366 e. The third kappa shape index (κ3) is 9.79. The van der Waals surface area contributed by atoms with Crippen molar-refractivity contribution in [3.05, 3.63) is 95.6 Å². The molecule has 164 valence electrons. The van der Waals surface area contributed by atoms with Crippen LogP contribution in [0.5, 0.6) is 0 Å². The molecule has 0 aromatic heterocycles. The highest BCUT2D eigenvalue weighted by Gasteiger charge is 2.20. The molecule has 0 aliphatic rings. The first-order valence-corrected chi connectivity index (χ1v) is 11.1. The fourth-order valence-corrected chi connectivity index (χ4v) is 3.31. The van der Waals surface area contributed by atoms with Gasteiger partial charge in [0.25, 0.3) is 0 Å². The third-order valence-corrected chi connectivity index (χ3v) is 5.12. The van der Waals surface area contributed by atoms with Crippen LogP contribution in [0.25, 0.3) is 0 Å². The van der Waals surface area contributed by atoms with Gasteiger partial charge in [0, 0.05) is 6.42 Å². The van der Waals surface area contributed by atoms with Gasteiger partial charge in [0.2, 0.25) is 0 Å². The predicted molar refractivity (Wildman–Crippen MR) is 127 cm³/mol. The maximum Gasteiger partial charge on any atom is 0.106 e. The maximum atomic E-state index is 8.94. The molecular weight excluding hydrogens is 382 g/mol. The van der Waals surface area contributed by atoms with Crippen molar-refractivity contribution >= 4 is 0 Å². The Balaban J connectivity index is 2.19. The van der Waals surface area contributed by atoms with Crippen LogP contribution in [0.1, 0.15) is 51.2 Å². The first kappa shape index (κ1) is 24.6. The number of nitriles is 1. The van der Waals surface area contributed by atoms with Gasteiger partial charge in [-0.1, -0.05) is 91.4 Å². The standard InChI is InChI=1S/C28H35NO2/c1-4-24(16-11-19-29)17-18-27(30-21-25-12-7-5-8-13-25)28(20-23(2)3)31-22-26-14-9-6-10-15-26/h5-10,12-15,17-18,20,24,27-28H,4,11,16,21-22H2,1-3H3/b18-17+/t24-,27+,28+/m1/s1. The van der Waals surface area contributed by atoms with Crippen molar-refractivity contribution in [1.82, 2.24) is 0 Å². The minimum absolute atomic E-state index is 0.196. The number of ether oxygens (including phenoxy) is 2. The SMILES string of the molecule is CC[C@@H](/C=C/[C@H](OCc1ccccc1)[C@H](C=C(C)C)OCc1ccccc1)CCC#N. The Morgan fingerprint density at radius 2 is 1.42 bits per heavy atom. The van der Waals surface area contributed by atoms with E-state index in [0.29, 0.717) is 25.6 Å². The average molecular weight is 418 g/mol. The summed E-state index contributed by atoms with van der Waals surface area (Å²) in [5, 5.41) is 8.94. The number of hydrogen-bond donors (Lipinski definition) is 0. The Hall–Kier alpha value is -2.67. The molecule has 0 unspecified atom stereocenters. The fourth-order valence-electron chi connectivity index (χ4n) is 3.31. The lowest BCUT2D eigenvalue weighted by atomic mass is 9.98. The van der Waals surface area contributed by atoms with Crippen molar-refractivity contribution in [3.63, 3.8) is 0 Å². The van der Waals surface area contributed by atoms with E-state index in [4.69, 9.17) is 14.7 Å². The van der Waals surface area contributed by atoms with Crippen molar-refractivity contribution in [2.24, 2.45) is 5.92 Å². The van der Waals surface area contributed by atoms with E-state index >= 15 is 0 Å². The van der Waals surface area contributed by atoms with E-state index in [1.165, 1.54) is 5.57 Å². The highest BCUT2D eigenvalue weighted by atomic mass is 16.5. The summed E-state index contributed by atoms with van der Waals surface area (Å²) in [6.45, 7) is 7.37. The zero-order valence-corrected chi connectivity index (χ0v) is 19.0. The summed E-state index contributed by atoms with van der Waals surface area (Å²) >= 11 is 0. The van der Waals surface area contributed by atoms with Crippen molar-refractivity contribution in [2.75, 3.05) is 0 Å². The van der Waals surface area contributed by atoms with Gasteiger partial charge < -0.3 is 9.47 Å². The second-order valence-electron chi connectivity index (χ2n) is 8.02. The number of benzene rings is 2. The minimum atomic E-state index is -0.213. The molecule has 2 aromatic rings. The number of rotatable bonds is 13. The van der Waals surface area contributed by atoms with Crippen LogP contribution in [0.4, 0.5) is 0 Å². The van der Waals surface area contributed by atoms with Crippen LogP contribution in [-0.2, 0) is 22.7 Å². The van der Waals surface area contributed by atoms with Crippen molar-refractivity contribution in [3.8, 4) is 6.07 Å². The monoisotopic (exact) mass is 417 g/mol. The zero-order valence-electron chi connectivity index (χ0n) is 19.0. The van der Waals surface area contributed by atoms with Gasteiger partial charge in [0.1, 0.15) is 12.2 Å². The number of hydrogen-bond acceptors (Lipinski definition) is 3. The summed E-state index contributed by atoms with van der Waals surface area (Å²) in [5.41, 5.74) is 3.47. The van der Waals surface area contributed by atoms with Gasteiger partial charge in [-0.3, -0.25) is 0 Å². The molecule has 0 aliphatic carbocycles. The van der Waals surface area contributed by atoms with Crippen LogP contribution in [0.2, 0.25) is 0 Å². The Kier molecular flexibility index (Phi) is 11.4. The Labute approximate surface area is 188 Å². The van der Waals surface area contributed by atoms with Gasteiger partial charge >= 0.3 is 0 Å². The summed E-state index contributed by atoms with van der Waals surface area (Å²) in [7, 11) is 0. The normalized spacial score (nSPS) is 14.0. The van der Waals surface area contributed by atoms with Gasteiger partial charge in [0.05, 0.1) is 19.3 Å². The largest absolute Gasteiger partial charge is 0.366 e. The molecule has 3 atom stereocenters. The number of allylic oxidation sites excluding steroid dienone is 2. The molecule has 0 N–H and O–H groups in total. The van der Waals surface area contributed by atoms with E-state index in [1.807, 2.05) is 36.4 Å². The molecular formula is C28H35NO2. The average Bonchev–Trinajstić information content (AvgIpc) is 2.80. The van der Waals surface area contributed by atoms with E-state index in [-0.39, 0.29) is 12.2 Å². The molecule has 0 fully saturated rings. The number of nitrogens with zero attached hydrogens (tertiary/aromatic N) is 1. The predicted octanol–water partition coefficient (Wildman–Crippen LogP) is 7.01. The summed E-state index contributed by atoms with van der Waals surface area (Å²) < 4.78 is 12.7. The molecule has 3 heteroatoms. The van der Waals surface area contributed by atoms with Gasteiger partial charge in [-0.15, -0.1) is 0 Å². The van der Waals surface area contributed by atoms with Crippen LogP contribution in [0, 0.1) is 17.2 Å². The smallest absolute Gasteiger partial charge is 0.106 e. The molecule has 0 saturated carbocycles. The maximum absolute atomic E-state index is 8.94. The Bertz CT molecular complexity index is 832. The first-order chi connectivity index (χ1) is 15.1. The quantitative estimate of drug-likeness (QED) is 0.329. The van der Waals surface area contributed by atoms with Crippen LogP contribution in [-0.4, -0.2) is 12.2 Å². The molecule has 2 aromatic carbocycles. The molecule has 0 aliphatic heterocycles. The highest BCUT2D eigenvalue weighted by molar-refractivity contribution is 5.16. The molecule has 0 amide bonds. The third-order valence-electron chi connectivity index (χ3n) is 5.12. The summed E-state index contributed by atoms with van der Waals surface area (Å²) in [6.07, 6.45) is 8.50. The van der Waals surface area contributed by atoms with Gasteiger partial charge in [-0.05, 0) is 43.7 Å². The van der Waals surface area contributed by atoms with Gasteiger partial charge in [0.15, 0.2) is 0 Å². The van der Waals surface area contributed by atoms with E-state index in [1.54, 1.807) is 0 Å². The topological polar surface area (TPSA) is 42.2 Å². The van der Waals surface area contributed by atoms with E-state index in [2.05, 4.69) is 69.3 Å². The molecule has 0 heterocycles. The van der Waals surface area contributed by atoms with Gasteiger partial charge in [-0.25, -0.2) is 0 Å². The van der Waals surface area contributed by atoms with Crippen LogP contribution >= 0.6 is 0 Å². The fraction of sp³-hybridized carbons (Fsp3) is 0.393. The summed E-state index contributed by atoms with van der Waals surface area (Å²) in [6, 6.07) is 22.7. The Morgan fingerprint density at radius 1 is 0.871 bits per heavy atom. The van der Waals surface area contributed by atoms with Gasteiger partial charge in [-0.2, -0.15) is 5.26 Å². The lowest BCUT2D eigenvalue weighted by molar-refractivity contribution is -0.0426. The van der Waals surface area contributed by atoms with Crippen molar-refractivity contribution in [2.45, 2.75) is 65.5 Å². The Morgan fingerprint density at radius 3 is 1.90 bits per heavy atom. The molecule has 0 saturated heterocycles. The zero-order chi connectivity index (χ0) is 22.3. The van der Waals surface area contributed by atoms with E-state index < -0.39 is 0 Å². The van der Waals surface area contributed by atoms with Crippen LogP contribution in [0.3, 0.4) is 0 Å². The summed E-state index contributed by atoms with van der Waals surface area (Å²) in [4.78, 5) is 0. The molecule has 0 bridgehead atoms. The lowest BCUT2D eigenvalue weighted by Crippen LogP contribution is -2.29. The van der Waals surface area contributed by atoms with E-state index in [0.717, 1.165) is 24.0 Å². The second-order valence-corrected chi connectivity index (χ2v) is 8.02.